The van der Waals surface area contributed by atoms with Gasteiger partial charge in [-0.25, -0.2) is 14.0 Å². The lowest BCUT2D eigenvalue weighted by Crippen LogP contribution is -2.43. The van der Waals surface area contributed by atoms with E-state index in [1.165, 1.54) is 30.6 Å². The zero-order valence-corrected chi connectivity index (χ0v) is 22.2. The second-order valence-corrected chi connectivity index (χ2v) is 10.1. The summed E-state index contributed by atoms with van der Waals surface area (Å²) in [5.41, 5.74) is 0.467. The first-order valence-electron chi connectivity index (χ1n) is 12.7. The fourth-order valence-electron chi connectivity index (χ4n) is 3.89. The van der Waals surface area contributed by atoms with Gasteiger partial charge in [-0.2, -0.15) is 0 Å². The molecule has 0 saturated carbocycles. The highest BCUT2D eigenvalue weighted by molar-refractivity contribution is 5.85. The van der Waals surface area contributed by atoms with Crippen LogP contribution in [0.1, 0.15) is 39.2 Å². The molecule has 0 bridgehead atoms. The Hall–Kier alpha value is -4.34. The normalized spacial score (nSPS) is 13.9. The Kier molecular flexibility index (Phi) is 8.85. The molecule has 0 spiro atoms. The van der Waals surface area contributed by atoms with Crippen molar-refractivity contribution >= 4 is 17.9 Å². The van der Waals surface area contributed by atoms with Gasteiger partial charge in [0.15, 0.2) is 5.75 Å². The molecule has 2 amide bonds. The first-order valence-corrected chi connectivity index (χ1v) is 12.7. The van der Waals surface area contributed by atoms with Crippen LogP contribution in [0.25, 0.3) is 0 Å². The summed E-state index contributed by atoms with van der Waals surface area (Å²) in [5.74, 6) is 1.28. The maximum atomic E-state index is 13.3. The minimum atomic E-state index is -0.638. The number of nitrogens with one attached hydrogen (secondary N) is 1. The molecular formula is C29H32FN3O6. The molecule has 0 atom stereocenters. The average molecular weight is 538 g/mol. The van der Waals surface area contributed by atoms with E-state index >= 15 is 0 Å². The van der Waals surface area contributed by atoms with Crippen LogP contribution in [0.4, 0.5) is 19.7 Å². The fraction of sp³-hybridized carbons (Fsp3) is 0.345. The first kappa shape index (κ1) is 27.7. The van der Waals surface area contributed by atoms with Crippen LogP contribution < -0.4 is 19.5 Å². The van der Waals surface area contributed by atoms with Crippen LogP contribution in [0.2, 0.25) is 0 Å². The number of amides is 2. The van der Waals surface area contributed by atoms with Crippen molar-refractivity contribution in [2.24, 2.45) is 0 Å². The summed E-state index contributed by atoms with van der Waals surface area (Å²) in [5, 5.41) is 2.57. The van der Waals surface area contributed by atoms with Gasteiger partial charge in [0.05, 0.1) is 18.1 Å². The zero-order chi connectivity index (χ0) is 27.8. The van der Waals surface area contributed by atoms with E-state index in [0.29, 0.717) is 43.1 Å². The predicted octanol–water partition coefficient (Wildman–Crippen LogP) is 6.19. The highest BCUT2D eigenvalue weighted by Gasteiger charge is 2.25. The molecule has 3 aromatic rings. The highest BCUT2D eigenvalue weighted by Crippen LogP contribution is 2.24. The molecule has 206 valence electrons. The maximum Gasteiger partial charge on any atom is 0.415 e. The van der Waals surface area contributed by atoms with Crippen LogP contribution in [0, 0.1) is 5.82 Å². The van der Waals surface area contributed by atoms with E-state index < -0.39 is 17.8 Å². The Bertz CT molecular complexity index is 1270. The van der Waals surface area contributed by atoms with E-state index in [9.17, 15) is 14.0 Å². The van der Waals surface area contributed by atoms with E-state index in [1.807, 2.05) is 12.1 Å². The van der Waals surface area contributed by atoms with Crippen molar-refractivity contribution in [2.75, 3.05) is 18.4 Å². The molecule has 1 aromatic heterocycles. The Balaban J connectivity index is 1.20. The first-order chi connectivity index (χ1) is 18.6. The molecular weight excluding hydrogens is 505 g/mol. The van der Waals surface area contributed by atoms with E-state index in [0.717, 1.165) is 5.56 Å². The van der Waals surface area contributed by atoms with E-state index in [1.54, 1.807) is 49.9 Å². The molecule has 2 heterocycles. The molecule has 1 saturated heterocycles. The molecule has 1 aliphatic heterocycles. The van der Waals surface area contributed by atoms with Crippen LogP contribution in [-0.2, 0) is 11.3 Å². The average Bonchev–Trinajstić information content (AvgIpc) is 2.88. The number of carbonyl (C=O) groups excluding carboxylic acids is 2. The van der Waals surface area contributed by atoms with Gasteiger partial charge >= 0.3 is 12.2 Å². The third-order valence-corrected chi connectivity index (χ3v) is 5.68. The molecule has 0 unspecified atom stereocenters. The third kappa shape index (κ3) is 8.87. The predicted molar refractivity (Wildman–Crippen MR) is 143 cm³/mol. The number of likely N-dealkylation sites (tertiary alicyclic amines) is 1. The summed E-state index contributed by atoms with van der Waals surface area (Å²) >= 11 is 0. The molecule has 39 heavy (non-hydrogen) atoms. The van der Waals surface area contributed by atoms with E-state index in [-0.39, 0.29) is 24.3 Å². The molecule has 10 heteroatoms. The van der Waals surface area contributed by atoms with Crippen molar-refractivity contribution in [1.29, 1.82) is 0 Å². The number of hydrogen-bond acceptors (Lipinski definition) is 7. The highest BCUT2D eigenvalue weighted by atomic mass is 19.1. The molecule has 1 fully saturated rings. The van der Waals surface area contributed by atoms with Crippen LogP contribution in [-0.4, -0.2) is 46.9 Å². The summed E-state index contributed by atoms with van der Waals surface area (Å²) in [6.45, 7) is 6.51. The summed E-state index contributed by atoms with van der Waals surface area (Å²) < 4.78 is 35.8. The number of rotatable bonds is 7. The number of nitrogens with zero attached hydrogens (tertiary/aromatic N) is 2. The number of pyridine rings is 1. The Morgan fingerprint density at radius 3 is 2.41 bits per heavy atom. The molecule has 1 aliphatic rings. The van der Waals surface area contributed by atoms with Gasteiger partial charge in [0, 0.05) is 32.0 Å². The number of anilines is 1. The second kappa shape index (κ2) is 12.5. The summed E-state index contributed by atoms with van der Waals surface area (Å²) in [7, 11) is 0. The van der Waals surface area contributed by atoms with Crippen molar-refractivity contribution in [3.63, 3.8) is 0 Å². The van der Waals surface area contributed by atoms with Crippen molar-refractivity contribution in [3.8, 4) is 17.2 Å². The molecule has 1 N–H and O–H groups in total. The minimum absolute atomic E-state index is 0.0452. The largest absolute Gasteiger partial charge is 0.490 e. The summed E-state index contributed by atoms with van der Waals surface area (Å²) in [4.78, 5) is 30.3. The Labute approximate surface area is 226 Å². The number of ether oxygens (including phenoxy) is 4. The number of piperidine rings is 1. The van der Waals surface area contributed by atoms with Gasteiger partial charge < -0.3 is 23.8 Å². The van der Waals surface area contributed by atoms with Gasteiger partial charge in [0.1, 0.15) is 35.6 Å². The molecule has 2 aromatic carbocycles. The second-order valence-electron chi connectivity index (χ2n) is 10.1. The van der Waals surface area contributed by atoms with Crippen molar-refractivity contribution in [2.45, 2.75) is 51.9 Å². The van der Waals surface area contributed by atoms with E-state index in [4.69, 9.17) is 18.9 Å². The van der Waals surface area contributed by atoms with Crippen LogP contribution >= 0.6 is 0 Å². The van der Waals surface area contributed by atoms with Gasteiger partial charge in [0.2, 0.25) is 0 Å². The molecule has 9 nitrogen and oxygen atoms in total. The van der Waals surface area contributed by atoms with Gasteiger partial charge in [-0.3, -0.25) is 10.3 Å². The van der Waals surface area contributed by atoms with Crippen LogP contribution in [0.15, 0.2) is 67.0 Å². The minimum Gasteiger partial charge on any atom is -0.490 e. The Morgan fingerprint density at radius 2 is 1.72 bits per heavy atom. The van der Waals surface area contributed by atoms with Gasteiger partial charge in [-0.15, -0.1) is 0 Å². The third-order valence-electron chi connectivity index (χ3n) is 5.68. The van der Waals surface area contributed by atoms with E-state index in [2.05, 4.69) is 10.3 Å². The number of carbonyl (C=O) groups is 2. The van der Waals surface area contributed by atoms with Crippen molar-refractivity contribution in [1.82, 2.24) is 9.88 Å². The van der Waals surface area contributed by atoms with Crippen LogP contribution in [0.5, 0.6) is 17.2 Å². The lowest BCUT2D eigenvalue weighted by molar-refractivity contribution is 0.0635. The van der Waals surface area contributed by atoms with Crippen LogP contribution in [0.3, 0.4) is 0 Å². The zero-order valence-electron chi connectivity index (χ0n) is 22.2. The molecule has 0 radical (unpaired) electrons. The van der Waals surface area contributed by atoms with Gasteiger partial charge in [0.25, 0.3) is 0 Å². The Morgan fingerprint density at radius 1 is 1.00 bits per heavy atom. The summed E-state index contributed by atoms with van der Waals surface area (Å²) in [6, 6.07) is 15.1. The van der Waals surface area contributed by atoms with Gasteiger partial charge in [-0.05, 0) is 62.7 Å². The number of benzene rings is 2. The monoisotopic (exact) mass is 537 g/mol. The van der Waals surface area contributed by atoms with Gasteiger partial charge in [-0.1, -0.05) is 12.1 Å². The molecule has 4 rings (SSSR count). The topological polar surface area (TPSA) is 99.2 Å². The number of aromatic nitrogens is 1. The maximum absolute atomic E-state index is 13.3. The quantitative estimate of drug-likeness (QED) is 0.384. The van der Waals surface area contributed by atoms with Crippen molar-refractivity contribution < 1.29 is 32.9 Å². The molecule has 0 aliphatic carbocycles. The lowest BCUT2D eigenvalue weighted by Gasteiger charge is -2.31. The fourth-order valence-corrected chi connectivity index (χ4v) is 3.89. The standard InChI is InChI=1S/C29H32FN3O6/c1-29(2,3)39-27(34)32-22-16-26(18-31-17-22)38-28(35)33-13-11-25(12-14-33)37-24-9-7-23(8-10-24)36-19-20-5-4-6-21(30)15-20/h4-10,15-18,25H,11-14,19H2,1-3H3,(H,32,34). The number of hydrogen-bond donors (Lipinski definition) is 1. The van der Waals surface area contributed by atoms with Crippen molar-refractivity contribution in [3.05, 3.63) is 78.4 Å². The lowest BCUT2D eigenvalue weighted by atomic mass is 10.1. The smallest absolute Gasteiger partial charge is 0.415 e. The SMILES string of the molecule is CC(C)(C)OC(=O)Nc1cncc(OC(=O)N2CCC(Oc3ccc(OCc4cccc(F)c4)cc3)CC2)c1. The number of halogens is 1. The summed E-state index contributed by atoms with van der Waals surface area (Å²) in [6.07, 6.45) is 2.96.